The molecule has 0 N–H and O–H groups in total. The average molecular weight is 402 g/mol. The molecule has 1 atom stereocenters. The van der Waals surface area contributed by atoms with Crippen molar-refractivity contribution in [2.75, 3.05) is 23.9 Å². The number of benzene rings is 2. The molecule has 2 aromatic rings. The van der Waals surface area contributed by atoms with E-state index >= 15 is 0 Å². The number of hydrogen-bond acceptors (Lipinski definition) is 2. The number of methoxy groups -OCH3 is 1. The van der Waals surface area contributed by atoms with Gasteiger partial charge in [0.05, 0.1) is 13.0 Å². The summed E-state index contributed by atoms with van der Waals surface area (Å²) >= 11 is 3.47. The van der Waals surface area contributed by atoms with Gasteiger partial charge in [-0.05, 0) is 48.6 Å². The fraction of sp³-hybridized carbons (Fsp3) is 0.381. The fourth-order valence-corrected chi connectivity index (χ4v) is 3.83. The van der Waals surface area contributed by atoms with Gasteiger partial charge >= 0.3 is 0 Å². The molecule has 0 radical (unpaired) electrons. The van der Waals surface area contributed by atoms with Gasteiger partial charge in [-0.2, -0.15) is 0 Å². The van der Waals surface area contributed by atoms with Gasteiger partial charge in [-0.1, -0.05) is 52.7 Å². The van der Waals surface area contributed by atoms with Crippen LogP contribution in [0.4, 0.5) is 5.69 Å². The monoisotopic (exact) mass is 401 g/mol. The predicted octanol–water partition coefficient (Wildman–Crippen LogP) is 4.93. The summed E-state index contributed by atoms with van der Waals surface area (Å²) < 4.78 is 5.24. The predicted molar refractivity (Wildman–Crippen MR) is 106 cm³/mol. The Bertz CT molecular complexity index is 714. The maximum atomic E-state index is 13.2. The lowest BCUT2D eigenvalue weighted by Gasteiger charge is -2.34. The molecule has 25 heavy (non-hydrogen) atoms. The van der Waals surface area contributed by atoms with Crippen LogP contribution in [0.1, 0.15) is 36.3 Å². The molecule has 1 heterocycles. The van der Waals surface area contributed by atoms with Gasteiger partial charge in [-0.3, -0.25) is 4.79 Å². The molecule has 0 aliphatic carbocycles. The van der Waals surface area contributed by atoms with E-state index < -0.39 is 0 Å². The molecule has 1 aliphatic rings. The van der Waals surface area contributed by atoms with Gasteiger partial charge in [0.1, 0.15) is 5.75 Å². The molecule has 1 unspecified atom stereocenters. The minimum atomic E-state index is -0.114. The van der Waals surface area contributed by atoms with E-state index in [9.17, 15) is 4.79 Å². The second kappa shape index (κ2) is 8.52. The number of unbranched alkanes of at least 4 members (excludes halogenated alkanes) is 2. The smallest absolute Gasteiger partial charge is 0.234 e. The third kappa shape index (κ3) is 4.06. The number of hydrogen-bond donors (Lipinski definition) is 0. The summed E-state index contributed by atoms with van der Waals surface area (Å²) in [5, 5.41) is 1.02. The summed E-state index contributed by atoms with van der Waals surface area (Å²) in [6, 6.07) is 16.2. The first-order valence-corrected chi connectivity index (χ1v) is 9.96. The van der Waals surface area contributed by atoms with Crippen molar-refractivity contribution >= 4 is 27.5 Å². The number of ether oxygens (including phenoxy) is 1. The summed E-state index contributed by atoms with van der Waals surface area (Å²) in [6.07, 6.45) is 4.07. The quantitative estimate of drug-likeness (QED) is 0.485. The molecule has 2 aromatic carbocycles. The van der Waals surface area contributed by atoms with Crippen LogP contribution >= 0.6 is 15.9 Å². The first-order chi connectivity index (χ1) is 12.2. The maximum absolute atomic E-state index is 13.2. The Kier molecular flexibility index (Phi) is 6.14. The van der Waals surface area contributed by atoms with Crippen LogP contribution in [-0.4, -0.2) is 24.9 Å². The summed E-state index contributed by atoms with van der Waals surface area (Å²) in [5.74, 6) is 0.915. The summed E-state index contributed by atoms with van der Waals surface area (Å²) in [6.45, 7) is 0.787. The van der Waals surface area contributed by atoms with Crippen LogP contribution in [0.5, 0.6) is 5.75 Å². The second-order valence-corrected chi connectivity index (χ2v) is 7.19. The third-order valence-electron chi connectivity index (χ3n) is 4.80. The van der Waals surface area contributed by atoms with Gasteiger partial charge < -0.3 is 9.64 Å². The first kappa shape index (κ1) is 18.0. The zero-order chi connectivity index (χ0) is 17.6. The van der Waals surface area contributed by atoms with Crippen molar-refractivity contribution in [2.24, 2.45) is 0 Å². The van der Waals surface area contributed by atoms with Crippen molar-refractivity contribution in [2.45, 2.75) is 31.6 Å². The summed E-state index contributed by atoms with van der Waals surface area (Å²) in [4.78, 5) is 15.2. The molecule has 0 bridgehead atoms. The Balaban J connectivity index is 1.85. The van der Waals surface area contributed by atoms with E-state index in [1.54, 1.807) is 7.11 Å². The molecule has 4 heteroatoms. The molecular formula is C21H24BrNO2. The van der Waals surface area contributed by atoms with Gasteiger partial charge in [-0.15, -0.1) is 0 Å². The number of alkyl halides is 1. The number of carbonyl (C=O) groups excluding carboxylic acids is 1. The van der Waals surface area contributed by atoms with E-state index in [0.29, 0.717) is 0 Å². The number of amides is 1. The SMILES string of the molecule is COc1ccc(C2Cc3ccccc3N(CCCCCBr)C2=O)cc1. The lowest BCUT2D eigenvalue weighted by Crippen LogP contribution is -2.40. The Labute approximate surface area is 158 Å². The van der Waals surface area contributed by atoms with Crippen molar-refractivity contribution in [3.63, 3.8) is 0 Å². The Morgan fingerprint density at radius 3 is 2.56 bits per heavy atom. The first-order valence-electron chi connectivity index (χ1n) is 8.84. The zero-order valence-corrected chi connectivity index (χ0v) is 16.2. The molecule has 0 aromatic heterocycles. The van der Waals surface area contributed by atoms with Crippen LogP contribution in [0.25, 0.3) is 0 Å². The van der Waals surface area contributed by atoms with E-state index in [0.717, 1.165) is 54.6 Å². The normalized spacial score (nSPS) is 16.6. The van der Waals surface area contributed by atoms with Crippen molar-refractivity contribution in [3.05, 3.63) is 59.7 Å². The highest BCUT2D eigenvalue weighted by molar-refractivity contribution is 9.09. The number of rotatable bonds is 7. The van der Waals surface area contributed by atoms with Crippen LogP contribution in [0, 0.1) is 0 Å². The molecule has 0 fully saturated rings. The Hall–Kier alpha value is -1.81. The van der Waals surface area contributed by atoms with Gasteiger partial charge in [-0.25, -0.2) is 0 Å². The lowest BCUT2D eigenvalue weighted by molar-refractivity contribution is -0.120. The zero-order valence-electron chi connectivity index (χ0n) is 14.6. The molecule has 0 saturated heterocycles. The average Bonchev–Trinajstić information content (AvgIpc) is 2.66. The number of halogens is 1. The minimum Gasteiger partial charge on any atom is -0.497 e. The molecule has 1 amide bonds. The molecule has 0 saturated carbocycles. The third-order valence-corrected chi connectivity index (χ3v) is 5.36. The van der Waals surface area contributed by atoms with Gasteiger partial charge in [0.15, 0.2) is 0 Å². The largest absolute Gasteiger partial charge is 0.497 e. The Morgan fingerprint density at radius 2 is 1.84 bits per heavy atom. The van der Waals surface area contributed by atoms with Crippen LogP contribution in [-0.2, 0) is 11.2 Å². The number of anilines is 1. The molecule has 1 aliphatic heterocycles. The topological polar surface area (TPSA) is 29.5 Å². The van der Waals surface area contributed by atoms with Gasteiger partial charge in [0.2, 0.25) is 5.91 Å². The van der Waals surface area contributed by atoms with E-state index in [1.807, 2.05) is 35.2 Å². The minimum absolute atomic E-state index is 0.114. The Morgan fingerprint density at radius 1 is 1.08 bits per heavy atom. The van der Waals surface area contributed by atoms with E-state index in [2.05, 4.69) is 34.1 Å². The van der Waals surface area contributed by atoms with Crippen molar-refractivity contribution < 1.29 is 9.53 Å². The van der Waals surface area contributed by atoms with Crippen molar-refractivity contribution in [1.29, 1.82) is 0 Å². The van der Waals surface area contributed by atoms with Crippen molar-refractivity contribution in [3.8, 4) is 5.75 Å². The highest BCUT2D eigenvalue weighted by Crippen LogP contribution is 2.36. The summed E-state index contributed by atoms with van der Waals surface area (Å²) in [5.41, 5.74) is 3.39. The number of carbonyl (C=O) groups is 1. The fourth-order valence-electron chi connectivity index (χ4n) is 3.43. The standard InChI is InChI=1S/C21H24BrNO2/c1-25-18-11-9-16(10-12-18)19-15-17-7-3-4-8-20(17)23(21(19)24)14-6-2-5-13-22/h3-4,7-12,19H,2,5-6,13-15H2,1H3. The highest BCUT2D eigenvalue weighted by atomic mass is 79.9. The van der Waals surface area contributed by atoms with Crippen LogP contribution in [0.3, 0.4) is 0 Å². The van der Waals surface area contributed by atoms with Crippen molar-refractivity contribution in [1.82, 2.24) is 0 Å². The number of fused-ring (bicyclic) bond motifs is 1. The second-order valence-electron chi connectivity index (χ2n) is 6.40. The number of nitrogens with zero attached hydrogens (tertiary/aromatic N) is 1. The van der Waals surface area contributed by atoms with Crippen LogP contribution in [0.15, 0.2) is 48.5 Å². The molecule has 3 nitrogen and oxygen atoms in total. The lowest BCUT2D eigenvalue weighted by atomic mass is 9.86. The molecule has 3 rings (SSSR count). The van der Waals surface area contributed by atoms with E-state index in [-0.39, 0.29) is 11.8 Å². The van der Waals surface area contributed by atoms with E-state index in [1.165, 1.54) is 5.56 Å². The van der Waals surface area contributed by atoms with Gasteiger partial charge in [0, 0.05) is 17.6 Å². The van der Waals surface area contributed by atoms with Crippen LogP contribution in [0.2, 0.25) is 0 Å². The molecule has 132 valence electrons. The van der Waals surface area contributed by atoms with E-state index in [4.69, 9.17) is 4.74 Å². The highest BCUT2D eigenvalue weighted by Gasteiger charge is 2.33. The summed E-state index contributed by atoms with van der Waals surface area (Å²) in [7, 11) is 1.66. The van der Waals surface area contributed by atoms with Crippen LogP contribution < -0.4 is 9.64 Å². The maximum Gasteiger partial charge on any atom is 0.234 e. The molecule has 0 spiro atoms. The molecular weight excluding hydrogens is 378 g/mol. The number of para-hydroxylation sites is 1. The van der Waals surface area contributed by atoms with Gasteiger partial charge in [0.25, 0.3) is 0 Å².